The van der Waals surface area contributed by atoms with Crippen molar-refractivity contribution in [2.45, 2.75) is 20.3 Å². The SMILES string of the molecule is C=C(C)CNC(=S)Nc1ccc(CC)cc1. The zero-order chi connectivity index (χ0) is 12.0. The molecular weight excluding hydrogens is 216 g/mol. The largest absolute Gasteiger partial charge is 0.359 e. The van der Waals surface area contributed by atoms with Crippen molar-refractivity contribution in [1.82, 2.24) is 5.32 Å². The number of aryl methyl sites for hydroxylation is 1. The molecule has 3 heteroatoms. The van der Waals surface area contributed by atoms with Gasteiger partial charge in [-0.2, -0.15) is 0 Å². The van der Waals surface area contributed by atoms with Crippen molar-refractivity contribution in [3.05, 3.63) is 42.0 Å². The third-order valence-corrected chi connectivity index (χ3v) is 2.42. The van der Waals surface area contributed by atoms with E-state index in [1.807, 2.05) is 19.1 Å². The second kappa shape index (κ2) is 6.28. The van der Waals surface area contributed by atoms with Gasteiger partial charge in [0.05, 0.1) is 0 Å². The summed E-state index contributed by atoms with van der Waals surface area (Å²) < 4.78 is 0. The molecule has 0 amide bonds. The molecule has 0 aromatic heterocycles. The third kappa shape index (κ3) is 4.45. The number of hydrogen-bond donors (Lipinski definition) is 2. The number of rotatable bonds is 4. The van der Waals surface area contributed by atoms with Crippen molar-refractivity contribution in [2.24, 2.45) is 0 Å². The van der Waals surface area contributed by atoms with Crippen LogP contribution in [0.2, 0.25) is 0 Å². The molecule has 0 spiro atoms. The van der Waals surface area contributed by atoms with Crippen LogP contribution in [0.3, 0.4) is 0 Å². The number of nitrogens with one attached hydrogen (secondary N) is 2. The van der Waals surface area contributed by atoms with Crippen molar-refractivity contribution >= 4 is 23.0 Å². The average Bonchev–Trinajstić information content (AvgIpc) is 2.27. The molecule has 0 atom stereocenters. The predicted octanol–water partition coefficient (Wildman–Crippen LogP) is 3.11. The van der Waals surface area contributed by atoms with E-state index >= 15 is 0 Å². The van der Waals surface area contributed by atoms with Crippen LogP contribution >= 0.6 is 12.2 Å². The first-order valence-corrected chi connectivity index (χ1v) is 5.81. The Bertz CT molecular complexity index is 368. The highest BCUT2D eigenvalue weighted by molar-refractivity contribution is 7.80. The van der Waals surface area contributed by atoms with E-state index in [1.54, 1.807) is 0 Å². The molecule has 0 radical (unpaired) electrons. The van der Waals surface area contributed by atoms with Crippen LogP contribution in [0.1, 0.15) is 19.4 Å². The van der Waals surface area contributed by atoms with E-state index in [0.717, 1.165) is 17.7 Å². The summed E-state index contributed by atoms with van der Waals surface area (Å²) in [4.78, 5) is 0. The molecule has 1 rings (SSSR count). The molecule has 0 aliphatic carbocycles. The zero-order valence-electron chi connectivity index (χ0n) is 9.84. The van der Waals surface area contributed by atoms with Gasteiger partial charge in [0, 0.05) is 12.2 Å². The summed E-state index contributed by atoms with van der Waals surface area (Å²) >= 11 is 5.15. The average molecular weight is 234 g/mol. The minimum Gasteiger partial charge on any atom is -0.359 e. The fourth-order valence-electron chi connectivity index (χ4n) is 1.23. The molecule has 0 aliphatic heterocycles. The van der Waals surface area contributed by atoms with Gasteiger partial charge in [-0.15, -0.1) is 0 Å². The molecule has 2 N–H and O–H groups in total. The summed E-state index contributed by atoms with van der Waals surface area (Å²) in [7, 11) is 0. The summed E-state index contributed by atoms with van der Waals surface area (Å²) in [6.45, 7) is 8.62. The lowest BCUT2D eigenvalue weighted by Gasteiger charge is -2.10. The second-order valence-corrected chi connectivity index (χ2v) is 4.22. The van der Waals surface area contributed by atoms with Crippen molar-refractivity contribution < 1.29 is 0 Å². The van der Waals surface area contributed by atoms with Crippen LogP contribution in [0.25, 0.3) is 0 Å². The van der Waals surface area contributed by atoms with Crippen LogP contribution in [0.5, 0.6) is 0 Å². The van der Waals surface area contributed by atoms with E-state index in [1.165, 1.54) is 5.56 Å². The number of thiocarbonyl (C=S) groups is 1. The van der Waals surface area contributed by atoms with Gasteiger partial charge in [-0.25, -0.2) is 0 Å². The fraction of sp³-hybridized carbons (Fsp3) is 0.308. The summed E-state index contributed by atoms with van der Waals surface area (Å²) in [6, 6.07) is 8.27. The van der Waals surface area contributed by atoms with Gasteiger partial charge in [0.15, 0.2) is 5.11 Å². The van der Waals surface area contributed by atoms with Gasteiger partial charge in [0.1, 0.15) is 0 Å². The lowest BCUT2D eigenvalue weighted by atomic mass is 10.1. The molecule has 0 heterocycles. The molecule has 0 fully saturated rings. The zero-order valence-corrected chi connectivity index (χ0v) is 10.7. The molecule has 0 bridgehead atoms. The number of anilines is 1. The topological polar surface area (TPSA) is 24.1 Å². The lowest BCUT2D eigenvalue weighted by Crippen LogP contribution is -2.29. The predicted molar refractivity (Wildman–Crippen MR) is 74.9 cm³/mol. The third-order valence-electron chi connectivity index (χ3n) is 2.17. The summed E-state index contributed by atoms with van der Waals surface area (Å²) in [5.74, 6) is 0. The van der Waals surface area contributed by atoms with Gasteiger partial charge < -0.3 is 10.6 Å². The molecule has 0 saturated carbocycles. The first-order valence-electron chi connectivity index (χ1n) is 5.40. The minimum atomic E-state index is 0.632. The maximum atomic E-state index is 5.15. The van der Waals surface area contributed by atoms with Gasteiger partial charge in [0.25, 0.3) is 0 Å². The number of hydrogen-bond acceptors (Lipinski definition) is 1. The highest BCUT2D eigenvalue weighted by atomic mass is 32.1. The van der Waals surface area contributed by atoms with Gasteiger partial charge in [0.2, 0.25) is 0 Å². The molecular formula is C13H18N2S. The van der Waals surface area contributed by atoms with Gasteiger partial charge >= 0.3 is 0 Å². The van der Waals surface area contributed by atoms with Gasteiger partial charge in [-0.3, -0.25) is 0 Å². The Hall–Kier alpha value is -1.35. The standard InChI is InChI=1S/C13H18N2S/c1-4-11-5-7-12(8-6-11)15-13(16)14-9-10(2)3/h5-8H,2,4,9H2,1,3H3,(H2,14,15,16). The monoisotopic (exact) mass is 234 g/mol. The van der Waals surface area contributed by atoms with Gasteiger partial charge in [-0.05, 0) is 43.3 Å². The Morgan fingerprint density at radius 3 is 2.44 bits per heavy atom. The van der Waals surface area contributed by atoms with Crippen LogP contribution in [0.4, 0.5) is 5.69 Å². The summed E-state index contributed by atoms with van der Waals surface area (Å²) in [6.07, 6.45) is 1.05. The Balaban J connectivity index is 2.46. The van der Waals surface area contributed by atoms with E-state index in [9.17, 15) is 0 Å². The molecule has 86 valence electrons. The maximum Gasteiger partial charge on any atom is 0.171 e. The molecule has 0 unspecified atom stereocenters. The van der Waals surface area contributed by atoms with E-state index in [4.69, 9.17) is 12.2 Å². The Labute approximate surface area is 103 Å². The molecule has 0 saturated heterocycles. The van der Waals surface area contributed by atoms with E-state index < -0.39 is 0 Å². The van der Waals surface area contributed by atoms with Crippen LogP contribution in [-0.2, 0) is 6.42 Å². The van der Waals surface area contributed by atoms with E-state index in [0.29, 0.717) is 11.7 Å². The lowest BCUT2D eigenvalue weighted by molar-refractivity contribution is 1.000. The summed E-state index contributed by atoms with van der Waals surface area (Å²) in [5.41, 5.74) is 3.40. The molecule has 1 aromatic rings. The molecule has 16 heavy (non-hydrogen) atoms. The van der Waals surface area contributed by atoms with Crippen LogP contribution in [-0.4, -0.2) is 11.7 Å². The summed E-state index contributed by atoms with van der Waals surface area (Å²) in [5, 5.41) is 6.84. The first-order chi connectivity index (χ1) is 7.61. The fourth-order valence-corrected chi connectivity index (χ4v) is 1.42. The Morgan fingerprint density at radius 2 is 1.94 bits per heavy atom. The van der Waals surface area contributed by atoms with Gasteiger partial charge in [-0.1, -0.05) is 31.2 Å². The van der Waals surface area contributed by atoms with E-state index in [-0.39, 0.29) is 0 Å². The normalized spacial score (nSPS) is 9.62. The quantitative estimate of drug-likeness (QED) is 0.618. The maximum absolute atomic E-state index is 5.15. The minimum absolute atomic E-state index is 0.632. The van der Waals surface area contributed by atoms with Crippen molar-refractivity contribution in [3.8, 4) is 0 Å². The van der Waals surface area contributed by atoms with Crippen LogP contribution < -0.4 is 10.6 Å². The highest BCUT2D eigenvalue weighted by Gasteiger charge is 1.97. The van der Waals surface area contributed by atoms with Crippen LogP contribution in [0, 0.1) is 0 Å². The smallest absolute Gasteiger partial charge is 0.171 e. The van der Waals surface area contributed by atoms with Crippen LogP contribution in [0.15, 0.2) is 36.4 Å². The first kappa shape index (κ1) is 12.7. The molecule has 1 aromatic carbocycles. The number of benzene rings is 1. The van der Waals surface area contributed by atoms with Crippen molar-refractivity contribution in [1.29, 1.82) is 0 Å². The van der Waals surface area contributed by atoms with Crippen molar-refractivity contribution in [3.63, 3.8) is 0 Å². The Kier molecular flexibility index (Phi) is 4.99. The van der Waals surface area contributed by atoms with E-state index in [2.05, 4.69) is 36.3 Å². The highest BCUT2D eigenvalue weighted by Crippen LogP contribution is 2.09. The second-order valence-electron chi connectivity index (χ2n) is 3.82. The molecule has 0 aliphatic rings. The molecule has 2 nitrogen and oxygen atoms in total. The Morgan fingerprint density at radius 1 is 1.31 bits per heavy atom. The van der Waals surface area contributed by atoms with Crippen molar-refractivity contribution in [2.75, 3.05) is 11.9 Å².